The minimum Gasteiger partial charge on any atom is -0.507 e. The molecule has 0 aromatic heterocycles. The normalized spacial score (nSPS) is 30.5. The van der Waals surface area contributed by atoms with Crippen molar-refractivity contribution in [3.63, 3.8) is 0 Å². The molecule has 1 aromatic rings. The molecular formula is C24H34O2. The average molecular weight is 355 g/mol. The maximum Gasteiger partial charge on any atom is 0.136 e. The molecule has 2 atom stereocenters. The van der Waals surface area contributed by atoms with Gasteiger partial charge in [0.05, 0.1) is 0 Å². The van der Waals surface area contributed by atoms with Crippen molar-refractivity contribution in [2.75, 3.05) is 0 Å². The predicted octanol–water partition coefficient (Wildman–Crippen LogP) is 6.69. The molecule has 1 aliphatic carbocycles. The van der Waals surface area contributed by atoms with E-state index in [9.17, 15) is 5.11 Å². The Balaban J connectivity index is 2.13. The second-order valence-electron chi connectivity index (χ2n) is 9.69. The maximum atomic E-state index is 10.8. The van der Waals surface area contributed by atoms with Crippen molar-refractivity contribution < 1.29 is 9.84 Å². The zero-order chi connectivity index (χ0) is 19.5. The molecule has 0 amide bonds. The largest absolute Gasteiger partial charge is 0.507 e. The second-order valence-corrected chi connectivity index (χ2v) is 9.69. The molecule has 0 saturated heterocycles. The van der Waals surface area contributed by atoms with E-state index in [0.29, 0.717) is 5.75 Å². The molecule has 26 heavy (non-hydrogen) atoms. The van der Waals surface area contributed by atoms with Crippen molar-refractivity contribution >= 4 is 0 Å². The van der Waals surface area contributed by atoms with E-state index in [0.717, 1.165) is 41.7 Å². The fourth-order valence-electron chi connectivity index (χ4n) is 5.00. The van der Waals surface area contributed by atoms with E-state index >= 15 is 0 Å². The van der Waals surface area contributed by atoms with Gasteiger partial charge in [-0.05, 0) is 74.1 Å². The minimum absolute atomic E-state index is 0.0262. The number of rotatable bonds is 2. The van der Waals surface area contributed by atoms with E-state index in [1.54, 1.807) is 0 Å². The maximum absolute atomic E-state index is 10.8. The van der Waals surface area contributed by atoms with Gasteiger partial charge in [0.2, 0.25) is 0 Å². The topological polar surface area (TPSA) is 29.5 Å². The van der Waals surface area contributed by atoms with Crippen molar-refractivity contribution in [2.24, 2.45) is 10.8 Å². The molecule has 0 bridgehead atoms. The average Bonchev–Trinajstić information content (AvgIpc) is 2.52. The monoisotopic (exact) mass is 354 g/mol. The summed E-state index contributed by atoms with van der Waals surface area (Å²) in [6.45, 7) is 17.6. The van der Waals surface area contributed by atoms with Crippen LogP contribution in [0.3, 0.4) is 0 Å². The van der Waals surface area contributed by atoms with Crippen LogP contribution in [-0.2, 0) is 10.3 Å². The first kappa shape index (κ1) is 19.1. The van der Waals surface area contributed by atoms with Crippen LogP contribution in [0, 0.1) is 24.7 Å². The summed E-state index contributed by atoms with van der Waals surface area (Å²) in [6, 6.07) is 4.11. The van der Waals surface area contributed by atoms with E-state index in [4.69, 9.17) is 4.74 Å². The van der Waals surface area contributed by atoms with Gasteiger partial charge in [-0.25, -0.2) is 0 Å². The smallest absolute Gasteiger partial charge is 0.136 e. The Labute approximate surface area is 159 Å². The molecule has 0 fully saturated rings. The highest BCUT2D eigenvalue weighted by Crippen LogP contribution is 2.57. The number of aromatic hydroxyl groups is 1. The summed E-state index contributed by atoms with van der Waals surface area (Å²) in [7, 11) is 0. The van der Waals surface area contributed by atoms with Crippen LogP contribution in [0.15, 0.2) is 35.1 Å². The first-order valence-electron chi connectivity index (χ1n) is 9.84. The Bertz CT molecular complexity index is 812. The van der Waals surface area contributed by atoms with E-state index in [1.807, 2.05) is 13.0 Å². The van der Waals surface area contributed by atoms with Crippen LogP contribution in [0.2, 0.25) is 0 Å². The van der Waals surface area contributed by atoms with Crippen molar-refractivity contribution in [1.29, 1.82) is 0 Å². The number of phenolic OH excluding ortho intramolecular Hbond substituents is 1. The summed E-state index contributed by atoms with van der Waals surface area (Å²) in [4.78, 5) is 0. The molecule has 1 aliphatic heterocycles. The Hall–Kier alpha value is -1.70. The van der Waals surface area contributed by atoms with Crippen molar-refractivity contribution in [3.8, 4) is 5.75 Å². The van der Waals surface area contributed by atoms with Gasteiger partial charge in [-0.1, -0.05) is 45.4 Å². The molecule has 2 aliphatic rings. The van der Waals surface area contributed by atoms with Crippen LogP contribution < -0.4 is 0 Å². The Morgan fingerprint density at radius 1 is 1.08 bits per heavy atom. The molecule has 1 N–H and O–H groups in total. The van der Waals surface area contributed by atoms with E-state index in [-0.39, 0.29) is 10.8 Å². The lowest BCUT2D eigenvalue weighted by Crippen LogP contribution is -2.41. The Kier molecular flexibility index (Phi) is 4.33. The number of ether oxygens (including phenoxy) is 1. The Morgan fingerprint density at radius 3 is 2.35 bits per heavy atom. The minimum atomic E-state index is -0.530. The number of allylic oxidation sites excluding steroid dienone is 3. The summed E-state index contributed by atoms with van der Waals surface area (Å²) in [5.74, 6) is 1.42. The third-order valence-corrected chi connectivity index (χ3v) is 6.52. The zero-order valence-electron chi connectivity index (χ0n) is 17.7. The highest BCUT2D eigenvalue weighted by Gasteiger charge is 2.48. The summed E-state index contributed by atoms with van der Waals surface area (Å²) >= 11 is 0. The van der Waals surface area contributed by atoms with Crippen molar-refractivity contribution in [3.05, 3.63) is 51.8 Å². The molecule has 3 rings (SSSR count). The molecule has 0 spiro atoms. The molecule has 142 valence electrons. The number of hydrogen-bond acceptors (Lipinski definition) is 2. The van der Waals surface area contributed by atoms with Crippen LogP contribution in [0.25, 0.3) is 0 Å². The number of benzene rings is 1. The van der Waals surface area contributed by atoms with Crippen molar-refractivity contribution in [2.45, 2.75) is 80.3 Å². The molecule has 0 saturated carbocycles. The van der Waals surface area contributed by atoms with Crippen LogP contribution in [0.4, 0.5) is 0 Å². The van der Waals surface area contributed by atoms with Gasteiger partial charge in [-0.15, -0.1) is 0 Å². The molecule has 2 nitrogen and oxygen atoms in total. The lowest BCUT2D eigenvalue weighted by atomic mass is 9.63. The first-order valence-corrected chi connectivity index (χ1v) is 9.84. The first-order chi connectivity index (χ1) is 11.9. The lowest BCUT2D eigenvalue weighted by Gasteiger charge is -2.50. The Morgan fingerprint density at radius 2 is 1.73 bits per heavy atom. The molecule has 1 aromatic carbocycles. The van der Waals surface area contributed by atoms with Crippen LogP contribution in [-0.4, -0.2) is 5.11 Å². The molecule has 1 heterocycles. The van der Waals surface area contributed by atoms with Crippen LogP contribution in [0.5, 0.6) is 5.75 Å². The lowest BCUT2D eigenvalue weighted by molar-refractivity contribution is -0.0424. The van der Waals surface area contributed by atoms with Gasteiger partial charge in [0.25, 0.3) is 0 Å². The standard InChI is InChI=1S/C24H34O2/c1-9-23(7)12-17(4)21-19(13-23)22(5,6)14-24(8,26-21)18-11-15(2)10-16(3)20(18)25/h10-12,25H,9,13-14H2,1-8H3. The molecule has 0 radical (unpaired) electrons. The van der Waals surface area contributed by atoms with Gasteiger partial charge in [0.1, 0.15) is 17.1 Å². The highest BCUT2D eigenvalue weighted by atomic mass is 16.5. The second kappa shape index (κ2) is 5.90. The molecule has 2 unspecified atom stereocenters. The van der Waals surface area contributed by atoms with Crippen LogP contribution >= 0.6 is 0 Å². The molecular weight excluding hydrogens is 320 g/mol. The number of aryl methyl sites for hydroxylation is 2. The van der Waals surface area contributed by atoms with Gasteiger partial charge in [0, 0.05) is 12.0 Å². The quantitative estimate of drug-likeness (QED) is 0.641. The van der Waals surface area contributed by atoms with E-state index < -0.39 is 5.60 Å². The number of phenols is 1. The summed E-state index contributed by atoms with van der Waals surface area (Å²) in [6.07, 6.45) is 5.43. The predicted molar refractivity (Wildman–Crippen MR) is 108 cm³/mol. The van der Waals surface area contributed by atoms with Gasteiger partial charge in [0.15, 0.2) is 0 Å². The number of hydrogen-bond donors (Lipinski definition) is 1. The summed E-state index contributed by atoms with van der Waals surface area (Å²) in [5.41, 5.74) is 5.35. The highest BCUT2D eigenvalue weighted by molar-refractivity contribution is 5.49. The summed E-state index contributed by atoms with van der Waals surface area (Å²) < 4.78 is 6.69. The molecule has 2 heteroatoms. The fourth-order valence-corrected chi connectivity index (χ4v) is 5.00. The third-order valence-electron chi connectivity index (χ3n) is 6.52. The SMILES string of the molecule is CCC1(C)C=C(C)C2=C(C1)C(C)(C)CC(C)(c1cc(C)cc(C)c1O)O2. The van der Waals surface area contributed by atoms with E-state index in [1.165, 1.54) is 11.1 Å². The summed E-state index contributed by atoms with van der Waals surface area (Å²) in [5, 5.41) is 10.8. The van der Waals surface area contributed by atoms with Gasteiger partial charge < -0.3 is 9.84 Å². The van der Waals surface area contributed by atoms with Crippen LogP contribution in [0.1, 0.15) is 77.5 Å². The fraction of sp³-hybridized carbons (Fsp3) is 0.583. The third kappa shape index (κ3) is 2.98. The van der Waals surface area contributed by atoms with E-state index in [2.05, 4.69) is 60.6 Å². The van der Waals surface area contributed by atoms with Gasteiger partial charge in [-0.2, -0.15) is 0 Å². The van der Waals surface area contributed by atoms with Crippen molar-refractivity contribution in [1.82, 2.24) is 0 Å². The van der Waals surface area contributed by atoms with Gasteiger partial charge >= 0.3 is 0 Å². The zero-order valence-corrected chi connectivity index (χ0v) is 17.7. The van der Waals surface area contributed by atoms with Gasteiger partial charge in [-0.3, -0.25) is 0 Å².